The van der Waals surface area contributed by atoms with Crippen molar-refractivity contribution in [3.63, 3.8) is 0 Å². The topological polar surface area (TPSA) is 70.2 Å². The van der Waals surface area contributed by atoms with E-state index in [1.807, 2.05) is 0 Å². The number of carbonyl (C=O) groups excluding carboxylic acids is 1. The average molecular weight is 314 g/mol. The van der Waals surface area contributed by atoms with Crippen molar-refractivity contribution in [2.45, 2.75) is 20.3 Å². The Morgan fingerprint density at radius 1 is 1.30 bits per heavy atom. The van der Waals surface area contributed by atoms with Crippen LogP contribution in [-0.4, -0.2) is 21.8 Å². The highest BCUT2D eigenvalue weighted by atomic mass is 35.5. The minimum absolute atomic E-state index is 0.103. The molecule has 0 fully saturated rings. The van der Waals surface area contributed by atoms with E-state index in [4.69, 9.17) is 28.3 Å². The van der Waals surface area contributed by atoms with Crippen LogP contribution in [0.2, 0.25) is 10.0 Å². The summed E-state index contributed by atoms with van der Waals surface area (Å²) in [5.41, 5.74) is -0.0884. The van der Waals surface area contributed by atoms with Gasteiger partial charge in [0.2, 0.25) is 0 Å². The van der Waals surface area contributed by atoms with Gasteiger partial charge in [-0.1, -0.05) is 23.2 Å². The molecule has 2 rings (SSSR count). The van der Waals surface area contributed by atoms with Crippen molar-refractivity contribution in [3.8, 4) is 0 Å². The number of nitrogens with one attached hydrogen (secondary N) is 1. The van der Waals surface area contributed by atoms with Gasteiger partial charge in [-0.3, -0.25) is 9.59 Å². The summed E-state index contributed by atoms with van der Waals surface area (Å²) in [6, 6.07) is 3.22. The Morgan fingerprint density at radius 2 is 1.95 bits per heavy atom. The van der Waals surface area contributed by atoms with E-state index in [1.54, 1.807) is 12.1 Å². The van der Waals surface area contributed by atoms with Crippen molar-refractivity contribution < 1.29 is 14.7 Å². The van der Waals surface area contributed by atoms with Gasteiger partial charge < -0.3 is 10.1 Å². The van der Waals surface area contributed by atoms with Crippen molar-refractivity contribution in [1.82, 2.24) is 4.98 Å². The van der Waals surface area contributed by atoms with E-state index in [0.29, 0.717) is 26.5 Å². The first-order valence-electron chi connectivity index (χ1n) is 5.95. The normalized spacial score (nSPS) is 11.8. The lowest BCUT2D eigenvalue weighted by molar-refractivity contribution is -0.146. The highest BCUT2D eigenvalue weighted by Gasteiger charge is 2.31. The van der Waals surface area contributed by atoms with E-state index in [2.05, 4.69) is 4.98 Å². The van der Waals surface area contributed by atoms with E-state index in [-0.39, 0.29) is 12.2 Å². The largest absolute Gasteiger partial charge is 0.481 e. The van der Waals surface area contributed by atoms with Gasteiger partial charge in [-0.15, -0.1) is 0 Å². The van der Waals surface area contributed by atoms with Crippen molar-refractivity contribution in [3.05, 3.63) is 33.9 Å². The second-order valence-electron chi connectivity index (χ2n) is 5.30. The first-order chi connectivity index (χ1) is 9.22. The van der Waals surface area contributed by atoms with Gasteiger partial charge in [-0.25, -0.2) is 0 Å². The molecule has 106 valence electrons. The maximum Gasteiger partial charge on any atom is 0.309 e. The Kier molecular flexibility index (Phi) is 3.80. The first kappa shape index (κ1) is 14.9. The van der Waals surface area contributed by atoms with Crippen LogP contribution in [0.25, 0.3) is 10.9 Å². The van der Waals surface area contributed by atoms with Gasteiger partial charge in [0.15, 0.2) is 5.78 Å². The minimum atomic E-state index is -1.13. The summed E-state index contributed by atoms with van der Waals surface area (Å²) < 4.78 is 0. The smallest absolute Gasteiger partial charge is 0.309 e. The molecular formula is C14H13Cl2NO3. The highest BCUT2D eigenvalue weighted by molar-refractivity contribution is 6.39. The maximum absolute atomic E-state index is 12.3. The summed E-state index contributed by atoms with van der Waals surface area (Å²) in [4.78, 5) is 26.3. The van der Waals surface area contributed by atoms with Gasteiger partial charge in [-0.05, 0) is 26.0 Å². The fourth-order valence-electron chi connectivity index (χ4n) is 1.98. The van der Waals surface area contributed by atoms with E-state index < -0.39 is 11.4 Å². The summed E-state index contributed by atoms with van der Waals surface area (Å²) in [5.74, 6) is -1.28. The number of hydrogen-bond donors (Lipinski definition) is 2. The number of halogens is 2. The summed E-state index contributed by atoms with van der Waals surface area (Å²) in [6.07, 6.45) is 1.43. The molecule has 1 heterocycles. The molecule has 0 amide bonds. The molecule has 20 heavy (non-hydrogen) atoms. The van der Waals surface area contributed by atoms with E-state index >= 15 is 0 Å². The zero-order valence-electron chi connectivity index (χ0n) is 11.0. The molecule has 0 radical (unpaired) electrons. The molecule has 2 aromatic rings. The minimum Gasteiger partial charge on any atom is -0.481 e. The predicted octanol–water partition coefficient (Wildman–Crippen LogP) is 4.16. The Bertz CT molecular complexity index is 704. The number of aliphatic carboxylic acids is 1. The summed E-state index contributed by atoms with van der Waals surface area (Å²) >= 11 is 12.0. The molecule has 0 saturated carbocycles. The fourth-order valence-corrected chi connectivity index (χ4v) is 2.57. The van der Waals surface area contributed by atoms with Crippen molar-refractivity contribution >= 4 is 45.9 Å². The monoisotopic (exact) mass is 313 g/mol. The van der Waals surface area contributed by atoms with E-state index in [9.17, 15) is 9.59 Å². The van der Waals surface area contributed by atoms with Crippen LogP contribution in [0.4, 0.5) is 0 Å². The van der Waals surface area contributed by atoms with E-state index in [0.717, 1.165) is 0 Å². The number of fused-ring (bicyclic) bond motifs is 1. The Morgan fingerprint density at radius 3 is 2.55 bits per heavy atom. The average Bonchev–Trinajstić information content (AvgIpc) is 2.71. The third-order valence-electron chi connectivity index (χ3n) is 3.18. The highest BCUT2D eigenvalue weighted by Crippen LogP contribution is 2.32. The van der Waals surface area contributed by atoms with Crippen LogP contribution in [0.15, 0.2) is 18.3 Å². The number of ketones is 1. The van der Waals surface area contributed by atoms with Crippen LogP contribution in [0, 0.1) is 5.41 Å². The van der Waals surface area contributed by atoms with Crippen LogP contribution < -0.4 is 0 Å². The molecule has 0 spiro atoms. The number of benzene rings is 1. The Hall–Kier alpha value is -1.52. The zero-order valence-corrected chi connectivity index (χ0v) is 12.5. The molecule has 0 aliphatic rings. The van der Waals surface area contributed by atoms with Gasteiger partial charge in [-0.2, -0.15) is 0 Å². The van der Waals surface area contributed by atoms with Gasteiger partial charge in [0, 0.05) is 34.1 Å². The molecule has 0 aliphatic heterocycles. The number of Topliss-reactive ketones (excluding diaryl/α,β-unsaturated/α-hetero) is 1. The van der Waals surface area contributed by atoms with Gasteiger partial charge in [0.05, 0.1) is 10.4 Å². The maximum atomic E-state index is 12.3. The number of aromatic nitrogens is 1. The third kappa shape index (κ3) is 2.67. The van der Waals surface area contributed by atoms with Gasteiger partial charge in [0.25, 0.3) is 0 Å². The lowest BCUT2D eigenvalue weighted by Gasteiger charge is -2.17. The van der Waals surface area contributed by atoms with Crippen molar-refractivity contribution in [2.24, 2.45) is 5.41 Å². The van der Waals surface area contributed by atoms with Crippen LogP contribution in [0.5, 0.6) is 0 Å². The molecular weight excluding hydrogens is 301 g/mol. The number of aromatic amines is 1. The van der Waals surface area contributed by atoms with Crippen LogP contribution in [-0.2, 0) is 4.79 Å². The number of carbonyl (C=O) groups is 2. The second kappa shape index (κ2) is 5.11. The number of H-pyrrole nitrogens is 1. The van der Waals surface area contributed by atoms with Crippen molar-refractivity contribution in [1.29, 1.82) is 0 Å². The first-order valence-corrected chi connectivity index (χ1v) is 6.70. The molecule has 6 heteroatoms. The second-order valence-corrected chi connectivity index (χ2v) is 6.15. The Balaban J connectivity index is 2.44. The summed E-state index contributed by atoms with van der Waals surface area (Å²) in [6.45, 7) is 3.03. The molecule has 1 aromatic carbocycles. The third-order valence-corrected chi connectivity index (χ3v) is 3.69. The molecule has 0 saturated heterocycles. The molecule has 2 N–H and O–H groups in total. The Labute approximate surface area is 125 Å². The standard InChI is InChI=1S/C14H13Cl2NO3/c1-14(2,13(19)20)5-11(18)8-6-17-10-4-7(15)3-9(16)12(8)10/h3-4,6,17H,5H2,1-2H3,(H,19,20). The SMILES string of the molecule is CC(C)(CC(=O)c1c[nH]c2cc(Cl)cc(Cl)c12)C(=O)O. The molecule has 0 aliphatic carbocycles. The van der Waals surface area contributed by atoms with Gasteiger partial charge in [0.1, 0.15) is 0 Å². The molecule has 0 bridgehead atoms. The van der Waals surface area contributed by atoms with Crippen LogP contribution in [0.1, 0.15) is 30.6 Å². The number of carboxylic acids is 1. The fraction of sp³-hybridized carbons (Fsp3) is 0.286. The van der Waals surface area contributed by atoms with Gasteiger partial charge >= 0.3 is 5.97 Å². The van der Waals surface area contributed by atoms with Crippen LogP contribution >= 0.6 is 23.2 Å². The molecule has 0 atom stereocenters. The zero-order chi connectivity index (χ0) is 15.1. The lowest BCUT2D eigenvalue weighted by atomic mass is 9.85. The summed E-state index contributed by atoms with van der Waals surface area (Å²) in [7, 11) is 0. The van der Waals surface area contributed by atoms with Crippen LogP contribution in [0.3, 0.4) is 0 Å². The quantitative estimate of drug-likeness (QED) is 0.833. The molecule has 0 unspecified atom stereocenters. The molecule has 1 aromatic heterocycles. The number of hydrogen-bond acceptors (Lipinski definition) is 2. The number of rotatable bonds is 4. The predicted molar refractivity (Wildman–Crippen MR) is 78.7 cm³/mol. The molecule has 4 nitrogen and oxygen atoms in total. The summed E-state index contributed by atoms with van der Waals surface area (Å²) in [5, 5.41) is 10.5. The lowest BCUT2D eigenvalue weighted by Crippen LogP contribution is -2.26. The number of carboxylic acid groups (broad SMARTS) is 1. The van der Waals surface area contributed by atoms with Crippen molar-refractivity contribution in [2.75, 3.05) is 0 Å². The van der Waals surface area contributed by atoms with E-state index in [1.165, 1.54) is 20.0 Å².